The van der Waals surface area contributed by atoms with E-state index in [2.05, 4.69) is 49.0 Å². The second kappa shape index (κ2) is 5.22. The molecule has 2 atom stereocenters. The van der Waals surface area contributed by atoms with Gasteiger partial charge in [-0.3, -0.25) is 0 Å². The molecule has 0 aliphatic carbocycles. The van der Waals surface area contributed by atoms with E-state index in [4.69, 9.17) is 4.98 Å². The molecule has 18 heavy (non-hydrogen) atoms. The van der Waals surface area contributed by atoms with Crippen molar-refractivity contribution in [2.45, 2.75) is 52.6 Å². The van der Waals surface area contributed by atoms with Crippen molar-refractivity contribution in [3.63, 3.8) is 0 Å². The fraction of sp³-hybridized carbons (Fsp3) is 0.714. The molecule has 2 heterocycles. The van der Waals surface area contributed by atoms with Crippen LogP contribution in [0.5, 0.6) is 0 Å². The summed E-state index contributed by atoms with van der Waals surface area (Å²) in [6.07, 6.45) is 0. The Labute approximate surface area is 110 Å². The summed E-state index contributed by atoms with van der Waals surface area (Å²) in [5, 5.41) is 3.53. The second-order valence-corrected chi connectivity index (χ2v) is 5.76. The maximum absolute atomic E-state index is 4.71. The molecule has 1 saturated heterocycles. The predicted octanol–water partition coefficient (Wildman–Crippen LogP) is 2.10. The molecule has 2 unspecified atom stereocenters. The Balaban J connectivity index is 2.26. The summed E-state index contributed by atoms with van der Waals surface area (Å²) < 4.78 is 0. The molecule has 0 saturated carbocycles. The molecule has 4 heteroatoms. The van der Waals surface area contributed by atoms with E-state index in [1.54, 1.807) is 0 Å². The van der Waals surface area contributed by atoms with E-state index in [1.807, 2.05) is 6.92 Å². The summed E-state index contributed by atoms with van der Waals surface area (Å²) in [6.45, 7) is 12.8. The molecule has 1 aromatic heterocycles. The van der Waals surface area contributed by atoms with Gasteiger partial charge in [-0.05, 0) is 32.8 Å². The Hall–Kier alpha value is -1.16. The van der Waals surface area contributed by atoms with Crippen LogP contribution in [-0.4, -0.2) is 35.1 Å². The Morgan fingerprint density at radius 1 is 1.22 bits per heavy atom. The number of piperazine rings is 1. The third kappa shape index (κ3) is 2.99. The van der Waals surface area contributed by atoms with Crippen molar-refractivity contribution >= 4 is 5.95 Å². The Morgan fingerprint density at radius 2 is 1.83 bits per heavy atom. The van der Waals surface area contributed by atoms with Crippen molar-refractivity contribution in [3.05, 3.63) is 17.5 Å². The smallest absolute Gasteiger partial charge is 0.225 e. The van der Waals surface area contributed by atoms with Gasteiger partial charge in [0, 0.05) is 36.6 Å². The van der Waals surface area contributed by atoms with Crippen LogP contribution in [0.3, 0.4) is 0 Å². The van der Waals surface area contributed by atoms with Gasteiger partial charge in [0.1, 0.15) is 0 Å². The number of aryl methyl sites for hydroxylation is 1. The summed E-state index contributed by atoms with van der Waals surface area (Å²) in [5.74, 6) is 1.34. The molecule has 1 fully saturated rings. The van der Waals surface area contributed by atoms with Crippen molar-refractivity contribution in [2.24, 2.45) is 0 Å². The van der Waals surface area contributed by atoms with Crippen LogP contribution in [0.2, 0.25) is 0 Å². The fourth-order valence-electron chi connectivity index (χ4n) is 2.50. The maximum Gasteiger partial charge on any atom is 0.225 e. The molecule has 1 aliphatic rings. The van der Waals surface area contributed by atoms with Gasteiger partial charge in [0.2, 0.25) is 5.95 Å². The number of nitrogens with one attached hydrogen (secondary N) is 1. The van der Waals surface area contributed by atoms with E-state index in [0.717, 1.165) is 30.4 Å². The van der Waals surface area contributed by atoms with Crippen LogP contribution >= 0.6 is 0 Å². The van der Waals surface area contributed by atoms with Gasteiger partial charge < -0.3 is 10.2 Å². The highest BCUT2D eigenvalue weighted by Crippen LogP contribution is 2.18. The summed E-state index contributed by atoms with van der Waals surface area (Å²) in [6, 6.07) is 3.06. The van der Waals surface area contributed by atoms with E-state index in [1.165, 1.54) is 0 Å². The lowest BCUT2D eigenvalue weighted by molar-refractivity contribution is 0.402. The summed E-state index contributed by atoms with van der Waals surface area (Å²) in [5.41, 5.74) is 2.19. The first-order valence-electron chi connectivity index (χ1n) is 6.82. The van der Waals surface area contributed by atoms with Gasteiger partial charge in [-0.2, -0.15) is 0 Å². The highest BCUT2D eigenvalue weighted by molar-refractivity contribution is 5.34. The van der Waals surface area contributed by atoms with Crippen molar-refractivity contribution in [1.29, 1.82) is 0 Å². The van der Waals surface area contributed by atoms with Crippen LogP contribution < -0.4 is 10.2 Å². The predicted molar refractivity (Wildman–Crippen MR) is 75.1 cm³/mol. The molecule has 0 spiro atoms. The van der Waals surface area contributed by atoms with E-state index < -0.39 is 0 Å². The van der Waals surface area contributed by atoms with Crippen LogP contribution in [0, 0.1) is 6.92 Å². The van der Waals surface area contributed by atoms with Gasteiger partial charge in [0.05, 0.1) is 0 Å². The maximum atomic E-state index is 4.71. The molecule has 0 aromatic carbocycles. The molecule has 1 aromatic rings. The molecular weight excluding hydrogens is 224 g/mol. The number of anilines is 1. The summed E-state index contributed by atoms with van der Waals surface area (Å²) in [4.78, 5) is 11.6. The quantitative estimate of drug-likeness (QED) is 0.870. The number of hydrogen-bond donors (Lipinski definition) is 1. The number of aromatic nitrogens is 2. The third-order valence-electron chi connectivity index (χ3n) is 3.29. The van der Waals surface area contributed by atoms with Crippen LogP contribution in [-0.2, 0) is 0 Å². The lowest BCUT2D eigenvalue weighted by Crippen LogP contribution is -2.54. The second-order valence-electron chi connectivity index (χ2n) is 5.76. The first-order valence-corrected chi connectivity index (χ1v) is 6.82. The average molecular weight is 248 g/mol. The lowest BCUT2D eigenvalue weighted by Gasteiger charge is -2.36. The van der Waals surface area contributed by atoms with Crippen LogP contribution in [0.25, 0.3) is 0 Å². The fourth-order valence-corrected chi connectivity index (χ4v) is 2.50. The van der Waals surface area contributed by atoms with Gasteiger partial charge in [0.25, 0.3) is 0 Å². The van der Waals surface area contributed by atoms with E-state index >= 15 is 0 Å². The van der Waals surface area contributed by atoms with E-state index in [-0.39, 0.29) is 0 Å². The zero-order chi connectivity index (χ0) is 13.3. The monoisotopic (exact) mass is 248 g/mol. The Kier molecular flexibility index (Phi) is 3.85. The third-order valence-corrected chi connectivity index (χ3v) is 3.29. The van der Waals surface area contributed by atoms with Crippen molar-refractivity contribution in [3.8, 4) is 0 Å². The topological polar surface area (TPSA) is 41.1 Å². The Bertz CT molecular complexity index is 406. The minimum Gasteiger partial charge on any atom is -0.338 e. The molecule has 2 rings (SSSR count). The molecule has 4 nitrogen and oxygen atoms in total. The molecule has 0 amide bonds. The number of rotatable bonds is 2. The molecule has 1 aliphatic heterocycles. The van der Waals surface area contributed by atoms with Crippen LogP contribution in [0.1, 0.15) is 45.0 Å². The first kappa shape index (κ1) is 13.3. The van der Waals surface area contributed by atoms with Gasteiger partial charge in [-0.1, -0.05) is 13.8 Å². The highest BCUT2D eigenvalue weighted by atomic mass is 15.3. The highest BCUT2D eigenvalue weighted by Gasteiger charge is 2.23. The SMILES string of the molecule is Cc1cc(C(C)C)nc(N2CC(C)NC(C)C2)n1. The Morgan fingerprint density at radius 3 is 2.39 bits per heavy atom. The van der Waals surface area contributed by atoms with Crippen molar-refractivity contribution in [1.82, 2.24) is 15.3 Å². The molecule has 1 N–H and O–H groups in total. The molecule has 0 radical (unpaired) electrons. The van der Waals surface area contributed by atoms with Gasteiger partial charge in [0.15, 0.2) is 0 Å². The lowest BCUT2D eigenvalue weighted by atomic mass is 10.1. The average Bonchev–Trinajstić information content (AvgIpc) is 2.26. The standard InChI is InChI=1S/C14H24N4/c1-9(2)13-6-10(3)16-14(17-13)18-7-11(4)15-12(5)8-18/h6,9,11-12,15H,7-8H2,1-5H3. The number of nitrogens with zero attached hydrogens (tertiary/aromatic N) is 3. The minimum absolute atomic E-state index is 0.447. The zero-order valence-electron chi connectivity index (χ0n) is 12.1. The van der Waals surface area contributed by atoms with Gasteiger partial charge in [-0.15, -0.1) is 0 Å². The molecule has 100 valence electrons. The summed E-state index contributed by atoms with van der Waals surface area (Å²) >= 11 is 0. The van der Waals surface area contributed by atoms with Gasteiger partial charge in [-0.25, -0.2) is 9.97 Å². The number of hydrogen-bond acceptors (Lipinski definition) is 4. The molecular formula is C14H24N4. The van der Waals surface area contributed by atoms with Crippen LogP contribution in [0.15, 0.2) is 6.07 Å². The van der Waals surface area contributed by atoms with E-state index in [0.29, 0.717) is 18.0 Å². The largest absolute Gasteiger partial charge is 0.338 e. The first-order chi connectivity index (χ1) is 8.45. The van der Waals surface area contributed by atoms with Crippen molar-refractivity contribution < 1.29 is 0 Å². The normalized spacial score (nSPS) is 24.7. The van der Waals surface area contributed by atoms with Crippen molar-refractivity contribution in [2.75, 3.05) is 18.0 Å². The zero-order valence-corrected chi connectivity index (χ0v) is 12.1. The molecule has 0 bridgehead atoms. The summed E-state index contributed by atoms with van der Waals surface area (Å²) in [7, 11) is 0. The van der Waals surface area contributed by atoms with E-state index in [9.17, 15) is 0 Å². The van der Waals surface area contributed by atoms with Gasteiger partial charge >= 0.3 is 0 Å². The van der Waals surface area contributed by atoms with Crippen LogP contribution in [0.4, 0.5) is 5.95 Å². The minimum atomic E-state index is 0.447.